The molecule has 0 amide bonds. The SMILES string of the molecule is Cc1ccc(S(=O)(=O)n2c(C3CC3)cc3cc(C)ccc32)cc1. The third kappa shape index (κ3) is 2.38. The highest BCUT2D eigenvalue weighted by Crippen LogP contribution is 2.43. The van der Waals surface area contributed by atoms with E-state index in [0.29, 0.717) is 10.8 Å². The van der Waals surface area contributed by atoms with Crippen molar-refractivity contribution in [1.29, 1.82) is 0 Å². The smallest absolute Gasteiger partial charge is 0.238 e. The fourth-order valence-corrected chi connectivity index (χ4v) is 4.67. The number of hydrogen-bond donors (Lipinski definition) is 0. The number of rotatable bonds is 3. The van der Waals surface area contributed by atoms with E-state index in [0.717, 1.165) is 40.6 Å². The molecule has 1 heterocycles. The highest BCUT2D eigenvalue weighted by atomic mass is 32.2. The normalized spacial score (nSPS) is 15.2. The van der Waals surface area contributed by atoms with Gasteiger partial charge in [0.05, 0.1) is 10.4 Å². The minimum Gasteiger partial charge on any atom is -0.238 e. The Bertz CT molecular complexity index is 994. The van der Waals surface area contributed by atoms with E-state index >= 15 is 0 Å². The van der Waals surface area contributed by atoms with Crippen molar-refractivity contribution in [3.63, 3.8) is 0 Å². The first-order chi connectivity index (χ1) is 11.0. The van der Waals surface area contributed by atoms with Gasteiger partial charge in [0.2, 0.25) is 0 Å². The summed E-state index contributed by atoms with van der Waals surface area (Å²) in [6, 6.07) is 15.1. The van der Waals surface area contributed by atoms with Crippen LogP contribution in [0.4, 0.5) is 0 Å². The zero-order chi connectivity index (χ0) is 16.2. The third-order valence-electron chi connectivity index (χ3n) is 4.49. The third-order valence-corrected chi connectivity index (χ3v) is 6.25. The number of hydrogen-bond acceptors (Lipinski definition) is 2. The van der Waals surface area contributed by atoms with Gasteiger partial charge in [-0.05, 0) is 57.0 Å². The van der Waals surface area contributed by atoms with E-state index in [2.05, 4.69) is 6.07 Å². The van der Waals surface area contributed by atoms with Gasteiger partial charge in [0.15, 0.2) is 0 Å². The van der Waals surface area contributed by atoms with Crippen LogP contribution in [0.5, 0.6) is 0 Å². The van der Waals surface area contributed by atoms with E-state index in [1.54, 1.807) is 16.1 Å². The lowest BCUT2D eigenvalue weighted by molar-refractivity contribution is 0.587. The summed E-state index contributed by atoms with van der Waals surface area (Å²) in [5.74, 6) is 0.364. The van der Waals surface area contributed by atoms with Crippen molar-refractivity contribution in [3.8, 4) is 0 Å². The van der Waals surface area contributed by atoms with Crippen LogP contribution in [0.15, 0.2) is 53.4 Å². The molecule has 0 aliphatic heterocycles. The van der Waals surface area contributed by atoms with Crippen LogP contribution in [0.2, 0.25) is 0 Å². The van der Waals surface area contributed by atoms with Crippen LogP contribution in [-0.2, 0) is 10.0 Å². The van der Waals surface area contributed by atoms with Crippen LogP contribution in [-0.4, -0.2) is 12.4 Å². The molecule has 0 atom stereocenters. The maximum atomic E-state index is 13.2. The molecule has 0 saturated heterocycles. The van der Waals surface area contributed by atoms with E-state index in [1.807, 2.05) is 44.2 Å². The first kappa shape index (κ1) is 14.5. The first-order valence-electron chi connectivity index (χ1n) is 7.91. The van der Waals surface area contributed by atoms with Crippen molar-refractivity contribution in [1.82, 2.24) is 3.97 Å². The minimum absolute atomic E-state index is 0.350. The zero-order valence-electron chi connectivity index (χ0n) is 13.3. The van der Waals surface area contributed by atoms with Crippen molar-refractivity contribution in [2.24, 2.45) is 0 Å². The van der Waals surface area contributed by atoms with Gasteiger partial charge in [-0.15, -0.1) is 0 Å². The summed E-state index contributed by atoms with van der Waals surface area (Å²) in [6.45, 7) is 3.99. The molecule has 0 unspecified atom stereocenters. The molecule has 0 radical (unpaired) electrons. The summed E-state index contributed by atoms with van der Waals surface area (Å²) in [4.78, 5) is 0.350. The predicted octanol–water partition coefficient (Wildman–Crippen LogP) is 4.37. The lowest BCUT2D eigenvalue weighted by Gasteiger charge is -2.12. The van der Waals surface area contributed by atoms with E-state index in [1.165, 1.54) is 0 Å². The Morgan fingerprint density at radius 3 is 2.22 bits per heavy atom. The van der Waals surface area contributed by atoms with E-state index in [9.17, 15) is 8.42 Å². The Labute approximate surface area is 136 Å². The van der Waals surface area contributed by atoms with Crippen molar-refractivity contribution in [2.75, 3.05) is 0 Å². The molecule has 1 aromatic heterocycles. The van der Waals surface area contributed by atoms with Crippen molar-refractivity contribution < 1.29 is 8.42 Å². The quantitative estimate of drug-likeness (QED) is 0.717. The number of benzene rings is 2. The van der Waals surface area contributed by atoms with Crippen molar-refractivity contribution >= 4 is 20.9 Å². The number of aryl methyl sites for hydroxylation is 2. The summed E-state index contributed by atoms with van der Waals surface area (Å²) in [7, 11) is -3.57. The highest BCUT2D eigenvalue weighted by Gasteiger charge is 2.32. The highest BCUT2D eigenvalue weighted by molar-refractivity contribution is 7.90. The maximum Gasteiger partial charge on any atom is 0.268 e. The molecule has 0 bridgehead atoms. The van der Waals surface area contributed by atoms with Gasteiger partial charge in [0.25, 0.3) is 10.0 Å². The molecule has 0 N–H and O–H groups in total. The Kier molecular flexibility index (Phi) is 3.13. The molecule has 3 nitrogen and oxygen atoms in total. The van der Waals surface area contributed by atoms with E-state index < -0.39 is 10.0 Å². The molecule has 3 aromatic rings. The van der Waals surface area contributed by atoms with Gasteiger partial charge in [0, 0.05) is 17.0 Å². The molecule has 1 fully saturated rings. The second-order valence-corrected chi connectivity index (χ2v) is 8.27. The molecular formula is C19H19NO2S. The lowest BCUT2D eigenvalue weighted by Crippen LogP contribution is -2.15. The molecule has 2 aromatic carbocycles. The van der Waals surface area contributed by atoms with Gasteiger partial charge < -0.3 is 0 Å². The van der Waals surface area contributed by atoms with Crippen LogP contribution in [0.25, 0.3) is 10.9 Å². The maximum absolute atomic E-state index is 13.2. The molecule has 4 rings (SSSR count). The number of fused-ring (bicyclic) bond motifs is 1. The van der Waals surface area contributed by atoms with Gasteiger partial charge in [-0.1, -0.05) is 29.3 Å². The number of aromatic nitrogens is 1. The van der Waals surface area contributed by atoms with Crippen LogP contribution < -0.4 is 0 Å². The summed E-state index contributed by atoms with van der Waals surface area (Å²) >= 11 is 0. The first-order valence-corrected chi connectivity index (χ1v) is 9.35. The summed E-state index contributed by atoms with van der Waals surface area (Å²) in [5, 5.41) is 1.00. The molecule has 23 heavy (non-hydrogen) atoms. The topological polar surface area (TPSA) is 39.1 Å². The van der Waals surface area contributed by atoms with Gasteiger partial charge in [-0.2, -0.15) is 0 Å². The standard InChI is InChI=1S/C19H19NO2S/c1-13-3-8-17(9-4-13)23(21,22)20-18-10-5-14(2)11-16(18)12-19(20)15-6-7-15/h3-5,8-12,15H,6-7H2,1-2H3. The van der Waals surface area contributed by atoms with Gasteiger partial charge in [-0.25, -0.2) is 12.4 Å². The monoisotopic (exact) mass is 325 g/mol. The summed E-state index contributed by atoms with van der Waals surface area (Å²) < 4.78 is 28.0. The Morgan fingerprint density at radius 1 is 0.913 bits per heavy atom. The summed E-state index contributed by atoms with van der Waals surface area (Å²) in [5.41, 5.74) is 3.90. The fourth-order valence-electron chi connectivity index (χ4n) is 3.08. The fraction of sp³-hybridized carbons (Fsp3) is 0.263. The Morgan fingerprint density at radius 2 is 1.57 bits per heavy atom. The van der Waals surface area contributed by atoms with Crippen LogP contribution in [0.3, 0.4) is 0 Å². The van der Waals surface area contributed by atoms with Gasteiger partial charge in [0.1, 0.15) is 0 Å². The molecule has 4 heteroatoms. The lowest BCUT2D eigenvalue weighted by atomic mass is 10.2. The molecule has 1 saturated carbocycles. The van der Waals surface area contributed by atoms with Crippen molar-refractivity contribution in [3.05, 3.63) is 65.4 Å². The largest absolute Gasteiger partial charge is 0.268 e. The van der Waals surface area contributed by atoms with Gasteiger partial charge >= 0.3 is 0 Å². The van der Waals surface area contributed by atoms with Crippen LogP contribution in [0.1, 0.15) is 35.6 Å². The minimum atomic E-state index is -3.57. The molecule has 1 aliphatic carbocycles. The Balaban J connectivity index is 2.00. The van der Waals surface area contributed by atoms with Gasteiger partial charge in [-0.3, -0.25) is 0 Å². The average Bonchev–Trinajstić information content (AvgIpc) is 3.28. The zero-order valence-corrected chi connectivity index (χ0v) is 14.1. The van der Waals surface area contributed by atoms with Crippen LogP contribution >= 0.6 is 0 Å². The Hall–Kier alpha value is -2.07. The molecule has 0 spiro atoms. The van der Waals surface area contributed by atoms with Crippen molar-refractivity contribution in [2.45, 2.75) is 37.5 Å². The predicted molar refractivity (Wildman–Crippen MR) is 92.4 cm³/mol. The molecule has 118 valence electrons. The molecule has 1 aliphatic rings. The number of nitrogens with zero attached hydrogens (tertiary/aromatic N) is 1. The van der Waals surface area contributed by atoms with Crippen LogP contribution in [0, 0.1) is 13.8 Å². The second kappa shape index (κ2) is 4.96. The average molecular weight is 325 g/mol. The molecular weight excluding hydrogens is 306 g/mol. The van der Waals surface area contributed by atoms with E-state index in [-0.39, 0.29) is 0 Å². The summed E-state index contributed by atoms with van der Waals surface area (Å²) in [6.07, 6.45) is 2.14. The second-order valence-electron chi connectivity index (χ2n) is 6.49. The van der Waals surface area contributed by atoms with E-state index in [4.69, 9.17) is 0 Å².